The minimum absolute atomic E-state index is 0.111. The number of methoxy groups -OCH3 is 2. The van der Waals surface area contributed by atoms with Gasteiger partial charge in [-0.25, -0.2) is 9.59 Å². The number of esters is 1. The van der Waals surface area contributed by atoms with Crippen LogP contribution in [0.2, 0.25) is 0 Å². The van der Waals surface area contributed by atoms with Gasteiger partial charge < -0.3 is 25.3 Å². The van der Waals surface area contributed by atoms with E-state index in [-0.39, 0.29) is 11.3 Å². The van der Waals surface area contributed by atoms with Crippen LogP contribution in [0.3, 0.4) is 0 Å². The first-order valence-electron chi connectivity index (χ1n) is 7.08. The molecule has 24 heavy (non-hydrogen) atoms. The summed E-state index contributed by atoms with van der Waals surface area (Å²) in [7, 11) is 2.69. The zero-order valence-corrected chi connectivity index (χ0v) is 13.4. The zero-order valence-electron chi connectivity index (χ0n) is 13.4. The summed E-state index contributed by atoms with van der Waals surface area (Å²) in [5.74, 6) is 0.0609. The fraction of sp³-hybridized carbons (Fsp3) is 0.176. The molecule has 0 aliphatic heterocycles. The van der Waals surface area contributed by atoms with Crippen LogP contribution in [0.15, 0.2) is 42.5 Å². The number of carbonyl (C=O) groups excluding carboxylic acids is 2. The summed E-state index contributed by atoms with van der Waals surface area (Å²) in [5, 5.41) is 2.38. The summed E-state index contributed by atoms with van der Waals surface area (Å²) in [6.45, 7) is 0.296. The van der Waals surface area contributed by atoms with E-state index in [1.165, 1.54) is 26.4 Å². The highest BCUT2D eigenvalue weighted by atomic mass is 16.5. The highest BCUT2D eigenvalue weighted by molar-refractivity contribution is 6.01. The lowest BCUT2D eigenvalue weighted by atomic mass is 10.1. The lowest BCUT2D eigenvalue weighted by molar-refractivity contribution is 0.0601. The maximum atomic E-state index is 11.9. The Hall–Kier alpha value is -3.22. The molecule has 0 heterocycles. The molecule has 0 aliphatic carbocycles. The van der Waals surface area contributed by atoms with Crippen LogP contribution in [0.25, 0.3) is 0 Å². The smallest absolute Gasteiger partial charge is 0.340 e. The van der Waals surface area contributed by atoms with Crippen LogP contribution in [0, 0.1) is 0 Å². The predicted molar refractivity (Wildman–Crippen MR) is 88.3 cm³/mol. The molecule has 0 saturated carbocycles. The molecule has 2 rings (SSSR count). The lowest BCUT2D eigenvalue weighted by Gasteiger charge is -2.15. The molecule has 0 aromatic heterocycles. The Morgan fingerprint density at radius 2 is 1.79 bits per heavy atom. The normalized spacial score (nSPS) is 9.92. The van der Waals surface area contributed by atoms with E-state index in [1.807, 2.05) is 30.3 Å². The molecule has 0 aliphatic rings. The third-order valence-electron chi connectivity index (χ3n) is 3.20. The molecule has 0 radical (unpaired) electrons. The molecule has 0 unspecified atom stereocenters. The third kappa shape index (κ3) is 4.16. The highest BCUT2D eigenvalue weighted by Gasteiger charge is 2.18. The number of hydrogen-bond acceptors (Lipinski definition) is 5. The summed E-state index contributed by atoms with van der Waals surface area (Å²) in [6, 6.07) is 11.6. The number of nitrogens with two attached hydrogens (primary N) is 1. The Labute approximate surface area is 139 Å². The molecule has 7 nitrogen and oxygen atoms in total. The van der Waals surface area contributed by atoms with E-state index < -0.39 is 12.0 Å². The molecule has 2 aromatic rings. The second kappa shape index (κ2) is 7.87. The molecular weight excluding hydrogens is 312 g/mol. The Kier molecular flexibility index (Phi) is 5.62. The lowest BCUT2D eigenvalue weighted by Crippen LogP contribution is -2.21. The van der Waals surface area contributed by atoms with Gasteiger partial charge in [0, 0.05) is 12.1 Å². The van der Waals surface area contributed by atoms with Gasteiger partial charge in [-0.1, -0.05) is 30.3 Å². The molecule has 2 aromatic carbocycles. The van der Waals surface area contributed by atoms with E-state index in [9.17, 15) is 9.59 Å². The van der Waals surface area contributed by atoms with Crippen LogP contribution in [-0.4, -0.2) is 26.2 Å². The van der Waals surface area contributed by atoms with Gasteiger partial charge in [-0.3, -0.25) is 0 Å². The first-order valence-corrected chi connectivity index (χ1v) is 7.08. The van der Waals surface area contributed by atoms with Gasteiger partial charge in [-0.15, -0.1) is 0 Å². The number of ether oxygens (including phenoxy) is 3. The van der Waals surface area contributed by atoms with Gasteiger partial charge in [0.05, 0.1) is 25.5 Å². The van der Waals surface area contributed by atoms with E-state index >= 15 is 0 Å². The number of benzene rings is 2. The molecule has 0 saturated heterocycles. The van der Waals surface area contributed by atoms with E-state index in [0.717, 1.165) is 5.56 Å². The standard InChI is InChI=1S/C17H18N2O5/c1-22-14-8-12(16(20)23-2)13(19-17(18)21)9-15(14)24-10-11-6-4-3-5-7-11/h3-9H,10H2,1-2H3,(H3,18,19,21). The predicted octanol–water partition coefficient (Wildman–Crippen LogP) is 2.55. The van der Waals surface area contributed by atoms with Crippen molar-refractivity contribution in [2.24, 2.45) is 5.73 Å². The van der Waals surface area contributed by atoms with Gasteiger partial charge in [0.1, 0.15) is 6.61 Å². The quantitative estimate of drug-likeness (QED) is 0.793. The average Bonchev–Trinajstić information content (AvgIpc) is 2.59. The van der Waals surface area contributed by atoms with Gasteiger partial charge >= 0.3 is 12.0 Å². The van der Waals surface area contributed by atoms with Crippen LogP contribution in [0.1, 0.15) is 15.9 Å². The maximum absolute atomic E-state index is 11.9. The maximum Gasteiger partial charge on any atom is 0.340 e. The largest absolute Gasteiger partial charge is 0.493 e. The van der Waals surface area contributed by atoms with Gasteiger partial charge in [0.15, 0.2) is 11.5 Å². The molecule has 0 spiro atoms. The van der Waals surface area contributed by atoms with E-state index in [0.29, 0.717) is 18.1 Å². The van der Waals surface area contributed by atoms with Gasteiger partial charge in [0.25, 0.3) is 0 Å². The van der Waals surface area contributed by atoms with Crippen molar-refractivity contribution in [2.75, 3.05) is 19.5 Å². The summed E-state index contributed by atoms with van der Waals surface area (Å²) in [5.41, 5.74) is 6.40. The van der Waals surface area contributed by atoms with E-state index in [4.69, 9.17) is 19.9 Å². The monoisotopic (exact) mass is 330 g/mol. The molecule has 0 atom stereocenters. The Morgan fingerprint density at radius 3 is 2.38 bits per heavy atom. The topological polar surface area (TPSA) is 99.9 Å². The first kappa shape index (κ1) is 17.1. The fourth-order valence-corrected chi connectivity index (χ4v) is 2.08. The van der Waals surface area contributed by atoms with Crippen LogP contribution in [0.4, 0.5) is 10.5 Å². The fourth-order valence-electron chi connectivity index (χ4n) is 2.08. The number of anilines is 1. The second-order valence-electron chi connectivity index (χ2n) is 4.80. The Morgan fingerprint density at radius 1 is 1.08 bits per heavy atom. The van der Waals surface area contributed by atoms with Gasteiger partial charge in [-0.2, -0.15) is 0 Å². The molecule has 2 amide bonds. The van der Waals surface area contributed by atoms with Crippen LogP contribution in [-0.2, 0) is 11.3 Å². The minimum atomic E-state index is -0.806. The van der Waals surface area contributed by atoms with Crippen molar-refractivity contribution in [3.63, 3.8) is 0 Å². The van der Waals surface area contributed by atoms with Crippen LogP contribution in [0.5, 0.6) is 11.5 Å². The Bertz CT molecular complexity index is 731. The summed E-state index contributed by atoms with van der Waals surface area (Å²) < 4.78 is 15.7. The average molecular weight is 330 g/mol. The number of nitrogens with one attached hydrogen (secondary N) is 1. The zero-order chi connectivity index (χ0) is 17.5. The molecule has 7 heteroatoms. The molecule has 0 fully saturated rings. The second-order valence-corrected chi connectivity index (χ2v) is 4.80. The van der Waals surface area contributed by atoms with Crippen molar-refractivity contribution in [1.29, 1.82) is 0 Å². The number of carbonyl (C=O) groups is 2. The minimum Gasteiger partial charge on any atom is -0.493 e. The number of amides is 2. The SMILES string of the molecule is COC(=O)c1cc(OC)c(OCc2ccccc2)cc1NC(N)=O. The van der Waals surface area contributed by atoms with Crippen molar-refractivity contribution < 1.29 is 23.8 Å². The van der Waals surface area contributed by atoms with Crippen molar-refractivity contribution >= 4 is 17.7 Å². The summed E-state index contributed by atoms with van der Waals surface area (Å²) in [4.78, 5) is 23.0. The molecule has 0 bridgehead atoms. The van der Waals surface area contributed by atoms with Crippen molar-refractivity contribution in [3.8, 4) is 11.5 Å². The number of rotatable bonds is 6. The molecular formula is C17H18N2O5. The molecule has 3 N–H and O–H groups in total. The van der Waals surface area contributed by atoms with Gasteiger partial charge in [-0.05, 0) is 5.56 Å². The van der Waals surface area contributed by atoms with Crippen molar-refractivity contribution in [3.05, 3.63) is 53.6 Å². The van der Waals surface area contributed by atoms with Crippen LogP contribution >= 0.6 is 0 Å². The summed E-state index contributed by atoms with van der Waals surface area (Å²) in [6.07, 6.45) is 0. The molecule has 126 valence electrons. The van der Waals surface area contributed by atoms with E-state index in [1.54, 1.807) is 0 Å². The number of hydrogen-bond donors (Lipinski definition) is 2. The Balaban J connectivity index is 2.35. The summed E-state index contributed by atoms with van der Waals surface area (Å²) >= 11 is 0. The van der Waals surface area contributed by atoms with Gasteiger partial charge in [0.2, 0.25) is 0 Å². The van der Waals surface area contributed by atoms with Crippen molar-refractivity contribution in [2.45, 2.75) is 6.61 Å². The highest BCUT2D eigenvalue weighted by Crippen LogP contribution is 2.34. The third-order valence-corrected chi connectivity index (χ3v) is 3.20. The van der Waals surface area contributed by atoms with Crippen molar-refractivity contribution in [1.82, 2.24) is 0 Å². The van der Waals surface area contributed by atoms with Crippen LogP contribution < -0.4 is 20.5 Å². The number of primary amides is 1. The number of urea groups is 1. The first-order chi connectivity index (χ1) is 11.5. The van der Waals surface area contributed by atoms with E-state index in [2.05, 4.69) is 5.32 Å².